The van der Waals surface area contributed by atoms with E-state index in [0.717, 1.165) is 5.75 Å². The van der Waals surface area contributed by atoms with Crippen molar-refractivity contribution in [2.75, 3.05) is 20.3 Å². The van der Waals surface area contributed by atoms with Crippen molar-refractivity contribution in [1.82, 2.24) is 5.43 Å². The van der Waals surface area contributed by atoms with E-state index in [-0.39, 0.29) is 0 Å². The number of ether oxygens (including phenoxy) is 3. The fourth-order valence-corrected chi connectivity index (χ4v) is 2.80. The summed E-state index contributed by atoms with van der Waals surface area (Å²) in [6.45, 7) is 7.37. The summed E-state index contributed by atoms with van der Waals surface area (Å²) < 4.78 is 16.3. The highest BCUT2D eigenvalue weighted by molar-refractivity contribution is 6.30. The number of benzene rings is 2. The number of hydrogen-bond donors (Lipinski definition) is 1. The summed E-state index contributed by atoms with van der Waals surface area (Å²) in [5.74, 6) is 1.94. The van der Waals surface area contributed by atoms with Gasteiger partial charge in [0.2, 0.25) is 0 Å². The van der Waals surface area contributed by atoms with Crippen LogP contribution in [-0.4, -0.2) is 32.6 Å². The monoisotopic (exact) mass is 418 g/mol. The second-order valence-electron chi connectivity index (χ2n) is 6.79. The van der Waals surface area contributed by atoms with Crippen molar-refractivity contribution in [1.29, 1.82) is 0 Å². The number of carbonyl (C=O) groups is 1. The molecule has 0 aliphatic carbocycles. The molecule has 0 fully saturated rings. The van der Waals surface area contributed by atoms with Crippen molar-refractivity contribution >= 4 is 23.9 Å². The Morgan fingerprint density at radius 2 is 1.86 bits per heavy atom. The maximum atomic E-state index is 11.1. The van der Waals surface area contributed by atoms with Gasteiger partial charge in [0.15, 0.2) is 0 Å². The number of amides is 1. The van der Waals surface area contributed by atoms with Gasteiger partial charge in [-0.2, -0.15) is 5.10 Å². The molecule has 156 valence electrons. The van der Waals surface area contributed by atoms with Gasteiger partial charge in [0.25, 0.3) is 0 Å². The Morgan fingerprint density at radius 3 is 2.55 bits per heavy atom. The van der Waals surface area contributed by atoms with Crippen molar-refractivity contribution in [3.05, 3.63) is 58.1 Å². The third-order valence-electron chi connectivity index (χ3n) is 4.11. The third kappa shape index (κ3) is 7.31. The molecule has 0 heterocycles. The second kappa shape index (κ2) is 11.3. The van der Waals surface area contributed by atoms with Gasteiger partial charge >= 0.3 is 6.09 Å². The number of aryl methyl sites for hydroxylation is 1. The van der Waals surface area contributed by atoms with Crippen LogP contribution in [0.25, 0.3) is 0 Å². The topological polar surface area (TPSA) is 69.2 Å². The van der Waals surface area contributed by atoms with Crippen LogP contribution < -0.4 is 14.9 Å². The lowest BCUT2D eigenvalue weighted by Gasteiger charge is -2.15. The molecule has 29 heavy (non-hydrogen) atoms. The summed E-state index contributed by atoms with van der Waals surface area (Å²) in [6, 6.07) is 11.5. The molecule has 2 aromatic carbocycles. The van der Waals surface area contributed by atoms with Crippen molar-refractivity contribution in [2.45, 2.75) is 33.1 Å². The van der Waals surface area contributed by atoms with Crippen LogP contribution in [0, 0.1) is 6.92 Å². The smallest absolute Gasteiger partial charge is 0.427 e. The zero-order valence-electron chi connectivity index (χ0n) is 17.2. The van der Waals surface area contributed by atoms with E-state index in [2.05, 4.69) is 54.2 Å². The Bertz CT molecular complexity index is 853. The Labute approximate surface area is 176 Å². The molecule has 0 aromatic heterocycles. The first-order valence-corrected chi connectivity index (χ1v) is 9.81. The largest absolute Gasteiger partial charge is 0.493 e. The number of nitrogens with zero attached hydrogens (tertiary/aromatic N) is 1. The van der Waals surface area contributed by atoms with Gasteiger partial charge in [-0.1, -0.05) is 37.6 Å². The molecule has 2 rings (SSSR count). The SMILES string of the molecule is COC(=O)NN=Cc1cc(Cl)ccc1OCCCOc1cc(C)ccc1C(C)C. The number of carbonyl (C=O) groups excluding carboxylic acids is 1. The third-order valence-corrected chi connectivity index (χ3v) is 4.35. The van der Waals surface area contributed by atoms with Crippen LogP contribution in [0.15, 0.2) is 41.5 Å². The summed E-state index contributed by atoms with van der Waals surface area (Å²) in [5, 5.41) is 4.36. The van der Waals surface area contributed by atoms with Gasteiger partial charge in [0.1, 0.15) is 11.5 Å². The number of hydrogen-bond acceptors (Lipinski definition) is 5. The molecule has 0 unspecified atom stereocenters. The molecule has 0 radical (unpaired) electrons. The average molecular weight is 419 g/mol. The predicted molar refractivity (Wildman–Crippen MR) is 115 cm³/mol. The van der Waals surface area contributed by atoms with Crippen LogP contribution in [-0.2, 0) is 4.74 Å². The Hall–Kier alpha value is -2.73. The van der Waals surface area contributed by atoms with E-state index in [1.807, 2.05) is 0 Å². The van der Waals surface area contributed by atoms with Gasteiger partial charge in [-0.15, -0.1) is 0 Å². The molecule has 0 saturated heterocycles. The van der Waals surface area contributed by atoms with Crippen LogP contribution in [0.4, 0.5) is 4.79 Å². The standard InChI is InChI=1S/C22H27ClN2O4/c1-15(2)19-8-6-16(3)12-21(19)29-11-5-10-28-20-9-7-18(23)13-17(20)14-24-25-22(26)27-4/h6-9,12-15H,5,10-11H2,1-4H3,(H,25,26). The molecular weight excluding hydrogens is 392 g/mol. The minimum absolute atomic E-state index is 0.399. The highest BCUT2D eigenvalue weighted by atomic mass is 35.5. The molecule has 0 aliphatic rings. The summed E-state index contributed by atoms with van der Waals surface area (Å²) in [4.78, 5) is 11.1. The Kier molecular flexibility index (Phi) is 8.80. The molecule has 7 heteroatoms. The molecular formula is C22H27ClN2O4. The second-order valence-corrected chi connectivity index (χ2v) is 7.23. The molecule has 0 aliphatic heterocycles. The first kappa shape index (κ1) is 22.6. The molecule has 1 amide bonds. The van der Waals surface area contributed by atoms with Crippen molar-refractivity contribution < 1.29 is 19.0 Å². The van der Waals surface area contributed by atoms with Crippen LogP contribution in [0.5, 0.6) is 11.5 Å². The van der Waals surface area contributed by atoms with Gasteiger partial charge in [-0.25, -0.2) is 10.2 Å². The van der Waals surface area contributed by atoms with Crippen molar-refractivity contribution in [2.24, 2.45) is 5.10 Å². The van der Waals surface area contributed by atoms with Crippen LogP contribution in [0.2, 0.25) is 5.02 Å². The van der Waals surface area contributed by atoms with E-state index in [4.69, 9.17) is 21.1 Å². The Balaban J connectivity index is 1.89. The summed E-state index contributed by atoms with van der Waals surface area (Å²) in [7, 11) is 1.27. The number of nitrogens with one attached hydrogen (secondary N) is 1. The van der Waals surface area contributed by atoms with Crippen molar-refractivity contribution in [3.8, 4) is 11.5 Å². The van der Waals surface area contributed by atoms with E-state index in [1.54, 1.807) is 18.2 Å². The molecule has 0 bridgehead atoms. The molecule has 0 spiro atoms. The fraction of sp³-hybridized carbons (Fsp3) is 0.364. The number of rotatable bonds is 9. The fourth-order valence-electron chi connectivity index (χ4n) is 2.62. The summed E-state index contributed by atoms with van der Waals surface area (Å²) in [6.07, 6.45) is 1.52. The van der Waals surface area contributed by atoms with E-state index in [9.17, 15) is 4.79 Å². The maximum Gasteiger partial charge on any atom is 0.427 e. The molecule has 0 saturated carbocycles. The highest BCUT2D eigenvalue weighted by Gasteiger charge is 2.08. The molecule has 6 nitrogen and oxygen atoms in total. The van der Waals surface area contributed by atoms with Gasteiger partial charge in [-0.05, 0) is 48.2 Å². The van der Waals surface area contributed by atoms with Crippen LogP contribution in [0.1, 0.15) is 42.9 Å². The predicted octanol–water partition coefficient (Wildman–Crippen LogP) is 5.31. The zero-order chi connectivity index (χ0) is 21.2. The first-order chi connectivity index (χ1) is 13.9. The quantitative estimate of drug-likeness (QED) is 0.340. The minimum atomic E-state index is -0.653. The Morgan fingerprint density at radius 1 is 1.14 bits per heavy atom. The van der Waals surface area contributed by atoms with Crippen molar-refractivity contribution in [3.63, 3.8) is 0 Å². The zero-order valence-corrected chi connectivity index (χ0v) is 18.0. The summed E-state index contributed by atoms with van der Waals surface area (Å²) >= 11 is 6.04. The average Bonchev–Trinajstić information content (AvgIpc) is 2.68. The number of halogens is 1. The van der Waals surface area contributed by atoms with Gasteiger partial charge in [0.05, 0.1) is 26.5 Å². The molecule has 2 aromatic rings. The number of methoxy groups -OCH3 is 1. The molecule has 1 N–H and O–H groups in total. The normalized spacial score (nSPS) is 11.0. The maximum absolute atomic E-state index is 11.1. The van der Waals surface area contributed by atoms with Crippen LogP contribution in [0.3, 0.4) is 0 Å². The lowest BCUT2D eigenvalue weighted by Crippen LogP contribution is -2.16. The van der Waals surface area contributed by atoms with Gasteiger partial charge < -0.3 is 14.2 Å². The summed E-state index contributed by atoms with van der Waals surface area (Å²) in [5.41, 5.74) is 5.25. The van der Waals surface area contributed by atoms with Gasteiger partial charge in [0, 0.05) is 17.0 Å². The van der Waals surface area contributed by atoms with E-state index >= 15 is 0 Å². The van der Waals surface area contributed by atoms with Crippen LogP contribution >= 0.6 is 11.6 Å². The minimum Gasteiger partial charge on any atom is -0.493 e. The molecule has 0 atom stereocenters. The van der Waals surface area contributed by atoms with Gasteiger partial charge in [-0.3, -0.25) is 0 Å². The highest BCUT2D eigenvalue weighted by Crippen LogP contribution is 2.27. The van der Waals surface area contributed by atoms with E-state index < -0.39 is 6.09 Å². The van der Waals surface area contributed by atoms with E-state index in [1.165, 1.54) is 24.5 Å². The van der Waals surface area contributed by atoms with E-state index in [0.29, 0.717) is 41.9 Å². The first-order valence-electron chi connectivity index (χ1n) is 9.43. The lowest BCUT2D eigenvalue weighted by molar-refractivity contribution is 0.171. The lowest BCUT2D eigenvalue weighted by atomic mass is 10.0. The number of hydrazone groups is 1.